The van der Waals surface area contributed by atoms with Gasteiger partial charge in [0.25, 0.3) is 0 Å². The minimum atomic E-state index is -0.638. The molecule has 0 saturated carbocycles. The van der Waals surface area contributed by atoms with Gasteiger partial charge in [0.05, 0.1) is 12.9 Å². The van der Waals surface area contributed by atoms with Crippen molar-refractivity contribution in [3.63, 3.8) is 0 Å². The van der Waals surface area contributed by atoms with Gasteiger partial charge in [-0.15, -0.1) is 10.2 Å². The highest BCUT2D eigenvalue weighted by Gasteiger charge is 2.26. The van der Waals surface area contributed by atoms with Crippen LogP contribution in [0.2, 0.25) is 0 Å². The molecular weight excluding hydrogens is 384 g/mol. The van der Waals surface area contributed by atoms with Crippen molar-refractivity contribution in [1.29, 1.82) is 0 Å². The van der Waals surface area contributed by atoms with Crippen LogP contribution >= 0.6 is 23.1 Å². The van der Waals surface area contributed by atoms with Crippen molar-refractivity contribution in [2.24, 2.45) is 5.92 Å². The monoisotopic (exact) mass is 408 g/mol. The van der Waals surface area contributed by atoms with Crippen LogP contribution in [0.4, 0.5) is 10.8 Å². The predicted octanol–water partition coefficient (Wildman–Crippen LogP) is 3.39. The van der Waals surface area contributed by atoms with Crippen molar-refractivity contribution in [2.75, 3.05) is 18.2 Å². The summed E-state index contributed by atoms with van der Waals surface area (Å²) in [4.78, 5) is 24.1. The first-order valence-corrected chi connectivity index (χ1v) is 10.4. The van der Waals surface area contributed by atoms with Crippen molar-refractivity contribution in [3.8, 4) is 0 Å². The molecule has 0 fully saturated rings. The Bertz CT molecular complexity index is 781. The number of carbonyl (C=O) groups excluding carboxylic acids is 2. The van der Waals surface area contributed by atoms with E-state index in [2.05, 4.69) is 20.8 Å². The summed E-state index contributed by atoms with van der Waals surface area (Å²) in [6.45, 7) is 5.88. The van der Waals surface area contributed by atoms with Crippen molar-refractivity contribution < 1.29 is 14.3 Å². The molecule has 2 rings (SSSR count). The molecule has 7 nitrogen and oxygen atoms in total. The number of nitrogens with zero attached hydrogens (tertiary/aromatic N) is 2. The molecule has 9 heteroatoms. The number of carbonyl (C=O) groups is 2. The first kappa shape index (κ1) is 21.2. The van der Waals surface area contributed by atoms with Gasteiger partial charge in [0.1, 0.15) is 6.04 Å². The third-order valence-electron chi connectivity index (χ3n) is 4.10. The second kappa shape index (κ2) is 10.3. The van der Waals surface area contributed by atoms with Gasteiger partial charge in [-0.2, -0.15) is 0 Å². The number of para-hydroxylation sites is 1. The third-order valence-corrected chi connectivity index (χ3v) is 6.08. The van der Waals surface area contributed by atoms with Gasteiger partial charge in [-0.05, 0) is 24.5 Å². The van der Waals surface area contributed by atoms with Crippen molar-refractivity contribution in [1.82, 2.24) is 15.5 Å². The molecule has 0 aliphatic rings. The van der Waals surface area contributed by atoms with E-state index in [-0.39, 0.29) is 17.6 Å². The number of ether oxygens (including phenoxy) is 1. The lowest BCUT2D eigenvalue weighted by Crippen LogP contribution is -2.46. The van der Waals surface area contributed by atoms with E-state index >= 15 is 0 Å². The molecule has 0 bridgehead atoms. The van der Waals surface area contributed by atoms with E-state index in [0.717, 1.165) is 17.7 Å². The minimum Gasteiger partial charge on any atom is -0.467 e. The zero-order valence-corrected chi connectivity index (χ0v) is 17.4. The highest BCUT2D eigenvalue weighted by atomic mass is 32.2. The number of methoxy groups -OCH3 is 1. The average molecular weight is 409 g/mol. The third kappa shape index (κ3) is 6.21. The molecule has 1 heterocycles. The van der Waals surface area contributed by atoms with E-state index in [1.165, 1.54) is 30.2 Å². The van der Waals surface area contributed by atoms with Gasteiger partial charge in [-0.1, -0.05) is 61.6 Å². The van der Waals surface area contributed by atoms with Crippen LogP contribution in [0.25, 0.3) is 0 Å². The SMILES string of the molecule is CC[C@H](C)[C@@H](NC(=O)CSc1nnc(Nc2ccccc2C)s1)C(=O)OC. The van der Waals surface area contributed by atoms with Crippen LogP contribution in [0.15, 0.2) is 28.6 Å². The number of amides is 1. The second-order valence-corrected chi connectivity index (χ2v) is 8.26. The molecule has 2 atom stereocenters. The molecule has 0 aliphatic carbocycles. The molecule has 27 heavy (non-hydrogen) atoms. The van der Waals surface area contributed by atoms with Gasteiger partial charge in [0, 0.05) is 5.69 Å². The zero-order valence-electron chi connectivity index (χ0n) is 15.8. The van der Waals surface area contributed by atoms with E-state index in [1.807, 2.05) is 45.0 Å². The maximum Gasteiger partial charge on any atom is 0.328 e. The van der Waals surface area contributed by atoms with Crippen LogP contribution in [0.1, 0.15) is 25.8 Å². The Hall–Kier alpha value is -2.13. The van der Waals surface area contributed by atoms with Gasteiger partial charge in [0.15, 0.2) is 4.34 Å². The largest absolute Gasteiger partial charge is 0.467 e. The second-order valence-electron chi connectivity index (χ2n) is 6.06. The summed E-state index contributed by atoms with van der Waals surface area (Å²) < 4.78 is 5.46. The van der Waals surface area contributed by atoms with Crippen LogP contribution in [-0.2, 0) is 14.3 Å². The van der Waals surface area contributed by atoms with Gasteiger partial charge in [0.2, 0.25) is 11.0 Å². The quantitative estimate of drug-likeness (QED) is 0.485. The first-order valence-electron chi connectivity index (χ1n) is 8.60. The van der Waals surface area contributed by atoms with E-state index in [9.17, 15) is 9.59 Å². The lowest BCUT2D eigenvalue weighted by Gasteiger charge is -2.21. The van der Waals surface area contributed by atoms with E-state index < -0.39 is 12.0 Å². The van der Waals surface area contributed by atoms with E-state index in [0.29, 0.717) is 9.47 Å². The van der Waals surface area contributed by atoms with Crippen LogP contribution in [0, 0.1) is 12.8 Å². The van der Waals surface area contributed by atoms with E-state index in [4.69, 9.17) is 4.74 Å². The van der Waals surface area contributed by atoms with Crippen molar-refractivity contribution in [3.05, 3.63) is 29.8 Å². The summed E-state index contributed by atoms with van der Waals surface area (Å²) in [5.74, 6) is -0.511. The van der Waals surface area contributed by atoms with Crippen LogP contribution in [-0.4, -0.2) is 41.0 Å². The number of hydrogen-bond acceptors (Lipinski definition) is 8. The fourth-order valence-electron chi connectivity index (χ4n) is 2.29. The van der Waals surface area contributed by atoms with Crippen LogP contribution in [0.3, 0.4) is 0 Å². The number of esters is 1. The Morgan fingerprint density at radius 2 is 2.04 bits per heavy atom. The zero-order chi connectivity index (χ0) is 19.8. The topological polar surface area (TPSA) is 93.2 Å². The lowest BCUT2D eigenvalue weighted by molar-refractivity contribution is -0.146. The fourth-order valence-corrected chi connectivity index (χ4v) is 3.86. The normalized spacial score (nSPS) is 12.9. The number of anilines is 2. The maximum atomic E-state index is 12.2. The molecule has 0 radical (unpaired) electrons. The summed E-state index contributed by atoms with van der Waals surface area (Å²) in [6.07, 6.45) is 0.761. The standard InChI is InChI=1S/C18H24N4O3S2/c1-5-11(2)15(16(24)25-4)20-14(23)10-26-18-22-21-17(27-18)19-13-9-7-6-8-12(13)3/h6-9,11,15H,5,10H2,1-4H3,(H,19,21)(H,20,23)/t11-,15+/m0/s1. The number of rotatable bonds is 9. The number of benzene rings is 1. The molecule has 1 aromatic carbocycles. The van der Waals surface area contributed by atoms with Gasteiger partial charge < -0.3 is 15.4 Å². The number of aryl methyl sites for hydroxylation is 1. The van der Waals surface area contributed by atoms with Gasteiger partial charge in [-0.25, -0.2) is 4.79 Å². The lowest BCUT2D eigenvalue weighted by atomic mass is 9.99. The Labute approximate surface area is 167 Å². The average Bonchev–Trinajstić information content (AvgIpc) is 3.12. The highest BCUT2D eigenvalue weighted by molar-refractivity contribution is 8.01. The summed E-state index contributed by atoms with van der Waals surface area (Å²) in [6, 6.07) is 7.27. The summed E-state index contributed by atoms with van der Waals surface area (Å²) >= 11 is 2.66. The predicted molar refractivity (Wildman–Crippen MR) is 108 cm³/mol. The Morgan fingerprint density at radius 1 is 1.30 bits per heavy atom. The molecule has 146 valence electrons. The van der Waals surface area contributed by atoms with Gasteiger partial charge >= 0.3 is 5.97 Å². The molecule has 0 unspecified atom stereocenters. The molecule has 1 aromatic heterocycles. The Morgan fingerprint density at radius 3 is 2.70 bits per heavy atom. The maximum absolute atomic E-state index is 12.2. The Balaban J connectivity index is 1.89. The molecule has 0 spiro atoms. The summed E-state index contributed by atoms with van der Waals surface area (Å²) in [5, 5.41) is 14.8. The first-order chi connectivity index (χ1) is 12.9. The minimum absolute atomic E-state index is 0.00200. The molecule has 0 aliphatic heterocycles. The van der Waals surface area contributed by atoms with Crippen molar-refractivity contribution in [2.45, 2.75) is 37.6 Å². The summed E-state index contributed by atoms with van der Waals surface area (Å²) in [7, 11) is 1.32. The summed E-state index contributed by atoms with van der Waals surface area (Å²) in [5.41, 5.74) is 2.08. The fraction of sp³-hybridized carbons (Fsp3) is 0.444. The van der Waals surface area contributed by atoms with E-state index in [1.54, 1.807) is 0 Å². The number of thioether (sulfide) groups is 1. The molecule has 0 saturated heterocycles. The highest BCUT2D eigenvalue weighted by Crippen LogP contribution is 2.28. The van der Waals surface area contributed by atoms with Crippen LogP contribution < -0.4 is 10.6 Å². The molecule has 2 N–H and O–H groups in total. The molecule has 2 aromatic rings. The number of nitrogens with one attached hydrogen (secondary N) is 2. The van der Waals surface area contributed by atoms with Gasteiger partial charge in [-0.3, -0.25) is 4.79 Å². The number of hydrogen-bond donors (Lipinski definition) is 2. The molecular formula is C18H24N4O3S2. The Kier molecular flexibility index (Phi) is 8.05. The smallest absolute Gasteiger partial charge is 0.328 e. The molecule has 1 amide bonds. The van der Waals surface area contributed by atoms with Crippen LogP contribution in [0.5, 0.6) is 0 Å². The van der Waals surface area contributed by atoms with Crippen molar-refractivity contribution >= 4 is 45.8 Å². The number of aromatic nitrogens is 2.